The molecule has 0 aliphatic carbocycles. The molecule has 1 atom stereocenters. The Labute approximate surface area is 236 Å². The van der Waals surface area contributed by atoms with Gasteiger partial charge in [0.2, 0.25) is 0 Å². The number of cyclic esters (lactones) is 1. The number of anilines is 1. The molecule has 1 aromatic heterocycles. The molecule has 7 nitrogen and oxygen atoms in total. The van der Waals surface area contributed by atoms with Crippen molar-refractivity contribution in [3.8, 4) is 5.75 Å². The molecular weight excluding hydrogens is 522 g/mol. The number of rotatable bonds is 8. The molecule has 200 valence electrons. The highest BCUT2D eigenvalue weighted by atomic mass is 32.1. The van der Waals surface area contributed by atoms with E-state index < -0.39 is 11.8 Å². The van der Waals surface area contributed by atoms with Crippen molar-refractivity contribution < 1.29 is 19.4 Å². The molecule has 1 unspecified atom stereocenters. The van der Waals surface area contributed by atoms with Crippen LogP contribution in [0.4, 0.5) is 5.69 Å². The van der Waals surface area contributed by atoms with E-state index in [1.54, 1.807) is 24.3 Å². The van der Waals surface area contributed by atoms with Crippen molar-refractivity contribution in [2.75, 3.05) is 19.0 Å². The first-order valence-corrected chi connectivity index (χ1v) is 13.6. The normalized spacial score (nSPS) is 16.8. The Balaban J connectivity index is 1.39. The summed E-state index contributed by atoms with van der Waals surface area (Å²) >= 11 is 1.11. The van der Waals surface area contributed by atoms with Gasteiger partial charge in [0, 0.05) is 37.3 Å². The summed E-state index contributed by atoms with van der Waals surface area (Å²) < 4.78 is 20.3. The zero-order valence-corrected chi connectivity index (χ0v) is 22.9. The highest BCUT2D eigenvalue weighted by molar-refractivity contribution is 7.00. The van der Waals surface area contributed by atoms with Crippen molar-refractivity contribution in [2.45, 2.75) is 18.8 Å². The lowest BCUT2D eigenvalue weighted by Gasteiger charge is -2.26. The summed E-state index contributed by atoms with van der Waals surface area (Å²) in [6.45, 7) is 0.422. The third-order valence-electron chi connectivity index (χ3n) is 7.00. The lowest BCUT2D eigenvalue weighted by Crippen LogP contribution is -2.29. The molecule has 0 bridgehead atoms. The maximum atomic E-state index is 13.4. The maximum Gasteiger partial charge on any atom is 0.342 e. The van der Waals surface area contributed by atoms with E-state index in [0.29, 0.717) is 46.6 Å². The Bertz CT molecular complexity index is 1710. The number of nitrogens with zero attached hydrogens (tertiary/aromatic N) is 3. The second-order valence-corrected chi connectivity index (χ2v) is 10.4. The Morgan fingerprint density at radius 2 is 1.62 bits per heavy atom. The molecule has 0 radical (unpaired) electrons. The number of fused-ring (bicyclic) bond motifs is 1. The van der Waals surface area contributed by atoms with E-state index >= 15 is 0 Å². The number of hydrogen-bond donors (Lipinski definition) is 1. The van der Waals surface area contributed by atoms with Gasteiger partial charge < -0.3 is 19.5 Å². The number of benzene rings is 4. The topological polar surface area (TPSA) is 84.8 Å². The molecule has 4 aromatic carbocycles. The predicted molar refractivity (Wildman–Crippen MR) is 156 cm³/mol. The van der Waals surface area contributed by atoms with Crippen LogP contribution < -0.4 is 9.64 Å². The molecule has 1 aliphatic rings. The second-order valence-electron chi connectivity index (χ2n) is 9.89. The van der Waals surface area contributed by atoms with Gasteiger partial charge in [-0.15, -0.1) is 0 Å². The number of aliphatic hydroxyl groups is 1. The standard InChI is InChI=1S/C32H27N3O4S/c1-35(2)25-10-6-9-22(17-25)18-27-30(23-11-16-28-29(19-23)34-40-33-28)31(36)39-32(27,37)24-12-14-26(15-13-24)38-20-21-7-4-3-5-8-21/h3-17,19,37H,18,20H2,1-2H3. The molecule has 0 saturated carbocycles. The van der Waals surface area contributed by atoms with Crippen LogP contribution in [-0.2, 0) is 28.3 Å². The highest BCUT2D eigenvalue weighted by Gasteiger charge is 2.48. The molecule has 8 heteroatoms. The van der Waals surface area contributed by atoms with Crippen molar-refractivity contribution in [2.24, 2.45) is 0 Å². The largest absolute Gasteiger partial charge is 0.489 e. The van der Waals surface area contributed by atoms with Gasteiger partial charge in [0.1, 0.15) is 23.4 Å². The first-order chi connectivity index (χ1) is 19.4. The Kier molecular flexibility index (Phi) is 6.79. The number of carbonyl (C=O) groups is 1. The van der Waals surface area contributed by atoms with Crippen LogP contribution in [-0.4, -0.2) is 33.9 Å². The fraction of sp³-hybridized carbons (Fsp3) is 0.156. The zero-order valence-electron chi connectivity index (χ0n) is 22.1. The summed E-state index contributed by atoms with van der Waals surface area (Å²) in [6, 6.07) is 30.4. The van der Waals surface area contributed by atoms with Gasteiger partial charge >= 0.3 is 5.97 Å². The van der Waals surface area contributed by atoms with Crippen molar-refractivity contribution in [3.05, 3.63) is 125 Å². The summed E-state index contributed by atoms with van der Waals surface area (Å²) in [7, 11) is 3.95. The predicted octanol–water partition coefficient (Wildman–Crippen LogP) is 5.73. The zero-order chi connectivity index (χ0) is 27.7. The molecule has 6 rings (SSSR count). The summed E-state index contributed by atoms with van der Waals surface area (Å²) in [6.07, 6.45) is 0.304. The number of esters is 1. The fourth-order valence-electron chi connectivity index (χ4n) is 4.88. The summed E-state index contributed by atoms with van der Waals surface area (Å²) in [5.74, 6) is -1.90. The summed E-state index contributed by atoms with van der Waals surface area (Å²) in [4.78, 5) is 15.4. The van der Waals surface area contributed by atoms with Crippen LogP contribution in [0.5, 0.6) is 5.75 Å². The first kappa shape index (κ1) is 25.7. The fourth-order valence-corrected chi connectivity index (χ4v) is 5.39. The molecule has 2 heterocycles. The van der Waals surface area contributed by atoms with E-state index in [0.717, 1.165) is 34.1 Å². The summed E-state index contributed by atoms with van der Waals surface area (Å²) in [5.41, 5.74) is 6.32. The van der Waals surface area contributed by atoms with E-state index in [2.05, 4.69) is 8.75 Å². The van der Waals surface area contributed by atoms with Gasteiger partial charge in [-0.2, -0.15) is 8.75 Å². The number of hydrogen-bond acceptors (Lipinski definition) is 8. The third-order valence-corrected chi connectivity index (χ3v) is 7.56. The van der Waals surface area contributed by atoms with Crippen LogP contribution in [0.25, 0.3) is 16.6 Å². The van der Waals surface area contributed by atoms with E-state index in [1.165, 1.54) is 0 Å². The van der Waals surface area contributed by atoms with E-state index in [1.807, 2.05) is 91.8 Å². The van der Waals surface area contributed by atoms with E-state index in [-0.39, 0.29) is 0 Å². The van der Waals surface area contributed by atoms with Crippen LogP contribution in [0.15, 0.2) is 103 Å². The lowest BCUT2D eigenvalue weighted by atomic mass is 9.88. The van der Waals surface area contributed by atoms with Gasteiger partial charge in [0.15, 0.2) is 0 Å². The van der Waals surface area contributed by atoms with E-state index in [4.69, 9.17) is 9.47 Å². The van der Waals surface area contributed by atoms with Gasteiger partial charge in [0.05, 0.1) is 17.3 Å². The quantitative estimate of drug-likeness (QED) is 0.247. The Morgan fingerprint density at radius 3 is 2.40 bits per heavy atom. The van der Waals surface area contributed by atoms with Gasteiger partial charge in [-0.3, -0.25) is 0 Å². The number of carbonyl (C=O) groups excluding carboxylic acids is 1. The average Bonchev–Trinajstić information content (AvgIpc) is 3.54. The van der Waals surface area contributed by atoms with Crippen molar-refractivity contribution in [3.63, 3.8) is 0 Å². The molecule has 1 N–H and O–H groups in total. The van der Waals surface area contributed by atoms with Crippen LogP contribution in [0.2, 0.25) is 0 Å². The molecule has 0 fully saturated rings. The van der Waals surface area contributed by atoms with E-state index in [9.17, 15) is 9.90 Å². The molecule has 0 spiro atoms. The molecule has 40 heavy (non-hydrogen) atoms. The van der Waals surface area contributed by atoms with Crippen LogP contribution in [0, 0.1) is 0 Å². The number of ether oxygens (including phenoxy) is 2. The number of aromatic nitrogens is 2. The van der Waals surface area contributed by atoms with Crippen molar-refractivity contribution in [1.82, 2.24) is 8.75 Å². The van der Waals surface area contributed by atoms with Crippen LogP contribution in [0.1, 0.15) is 22.3 Å². The molecule has 0 saturated heterocycles. The van der Waals surface area contributed by atoms with Crippen LogP contribution >= 0.6 is 11.7 Å². The molecule has 5 aromatic rings. The minimum atomic E-state index is -1.95. The molecule has 0 amide bonds. The maximum absolute atomic E-state index is 13.4. The van der Waals surface area contributed by atoms with Gasteiger partial charge in [-0.05, 0) is 65.2 Å². The molecule has 1 aliphatic heterocycles. The van der Waals surface area contributed by atoms with Gasteiger partial charge in [-0.25, -0.2) is 4.79 Å². The lowest BCUT2D eigenvalue weighted by molar-refractivity contribution is -0.185. The monoisotopic (exact) mass is 549 g/mol. The van der Waals surface area contributed by atoms with Gasteiger partial charge in [-0.1, -0.05) is 48.5 Å². The second kappa shape index (κ2) is 10.6. The first-order valence-electron chi connectivity index (χ1n) is 12.9. The third kappa shape index (κ3) is 4.95. The smallest absolute Gasteiger partial charge is 0.342 e. The average molecular weight is 550 g/mol. The SMILES string of the molecule is CN(C)c1cccc(CC2=C(c3ccc4nsnc4c3)C(=O)OC2(O)c2ccc(OCc3ccccc3)cc2)c1. The van der Waals surface area contributed by atoms with Crippen molar-refractivity contribution in [1.29, 1.82) is 0 Å². The molecular formula is C32H27N3O4S. The van der Waals surface area contributed by atoms with Crippen molar-refractivity contribution >= 4 is 40.0 Å². The highest BCUT2D eigenvalue weighted by Crippen LogP contribution is 2.45. The van der Waals surface area contributed by atoms with Crippen LogP contribution in [0.3, 0.4) is 0 Å². The van der Waals surface area contributed by atoms with Gasteiger partial charge in [0.25, 0.3) is 5.79 Å². The minimum Gasteiger partial charge on any atom is -0.489 e. The Hall–Kier alpha value is -4.53. The Morgan fingerprint density at radius 1 is 0.875 bits per heavy atom. The summed E-state index contributed by atoms with van der Waals surface area (Å²) in [5, 5.41) is 12.1. The minimum absolute atomic E-state index is 0.304.